The van der Waals surface area contributed by atoms with Gasteiger partial charge in [-0.05, 0) is 62.3 Å². The van der Waals surface area contributed by atoms with Crippen LogP contribution in [-0.4, -0.2) is 36.3 Å². The summed E-state index contributed by atoms with van der Waals surface area (Å²) in [6.07, 6.45) is 3.62. The van der Waals surface area contributed by atoms with Crippen LogP contribution in [0.15, 0.2) is 47.1 Å². The lowest BCUT2D eigenvalue weighted by molar-refractivity contribution is -0.117. The predicted octanol–water partition coefficient (Wildman–Crippen LogP) is 3.27. The molecule has 0 aliphatic carbocycles. The molecule has 1 aromatic heterocycles. The van der Waals surface area contributed by atoms with Crippen molar-refractivity contribution in [1.82, 2.24) is 10.2 Å². The molecule has 1 heterocycles. The molecule has 0 aliphatic rings. The van der Waals surface area contributed by atoms with Gasteiger partial charge in [0, 0.05) is 11.3 Å². The Morgan fingerprint density at radius 2 is 1.73 bits per heavy atom. The average Bonchev–Trinajstić information content (AvgIpc) is 3.14. The molecule has 2 aromatic rings. The summed E-state index contributed by atoms with van der Waals surface area (Å²) in [6.45, 7) is 6.76. The fourth-order valence-electron chi connectivity index (χ4n) is 2.69. The van der Waals surface area contributed by atoms with Crippen molar-refractivity contribution in [3.63, 3.8) is 0 Å². The Hall–Kier alpha value is -2.60. The van der Waals surface area contributed by atoms with Crippen molar-refractivity contribution in [2.45, 2.75) is 33.2 Å². The first kappa shape index (κ1) is 19.7. The van der Waals surface area contributed by atoms with Crippen LogP contribution in [0.1, 0.15) is 42.8 Å². The minimum atomic E-state index is -0.184. The Labute approximate surface area is 154 Å². The lowest BCUT2D eigenvalue weighted by Crippen LogP contribution is -2.34. The maximum Gasteiger partial charge on any atom is 0.251 e. The Morgan fingerprint density at radius 1 is 1.04 bits per heavy atom. The number of rotatable bonds is 10. The molecule has 6 heteroatoms. The summed E-state index contributed by atoms with van der Waals surface area (Å²) in [7, 11) is 0. The van der Waals surface area contributed by atoms with Crippen LogP contribution in [0, 0.1) is 0 Å². The molecule has 0 saturated heterocycles. The van der Waals surface area contributed by atoms with E-state index in [0.717, 1.165) is 25.9 Å². The number of hydrogen-bond acceptors (Lipinski definition) is 4. The molecule has 0 aliphatic heterocycles. The highest BCUT2D eigenvalue weighted by Gasteiger charge is 2.10. The number of nitrogens with zero attached hydrogens (tertiary/aromatic N) is 1. The monoisotopic (exact) mass is 357 g/mol. The van der Waals surface area contributed by atoms with Crippen LogP contribution in [-0.2, 0) is 11.3 Å². The summed E-state index contributed by atoms with van der Waals surface area (Å²) >= 11 is 0. The topological polar surface area (TPSA) is 74.6 Å². The summed E-state index contributed by atoms with van der Waals surface area (Å²) in [5.41, 5.74) is 1.22. The Kier molecular flexibility index (Phi) is 7.89. The van der Waals surface area contributed by atoms with E-state index in [1.807, 2.05) is 0 Å². The third-order valence-corrected chi connectivity index (χ3v) is 3.88. The van der Waals surface area contributed by atoms with Gasteiger partial charge in [-0.15, -0.1) is 0 Å². The average molecular weight is 357 g/mol. The lowest BCUT2D eigenvalue weighted by Gasteiger charge is -2.20. The second-order valence-corrected chi connectivity index (χ2v) is 6.16. The first-order valence-electron chi connectivity index (χ1n) is 9.05. The van der Waals surface area contributed by atoms with Gasteiger partial charge in [-0.3, -0.25) is 14.5 Å². The molecule has 2 amide bonds. The summed E-state index contributed by atoms with van der Waals surface area (Å²) in [5, 5.41) is 5.67. The van der Waals surface area contributed by atoms with E-state index >= 15 is 0 Å². The van der Waals surface area contributed by atoms with E-state index in [2.05, 4.69) is 29.4 Å². The Bertz CT molecular complexity index is 675. The van der Waals surface area contributed by atoms with Gasteiger partial charge in [0.15, 0.2) is 0 Å². The third-order valence-electron chi connectivity index (χ3n) is 3.88. The first-order chi connectivity index (χ1) is 12.6. The van der Waals surface area contributed by atoms with E-state index in [-0.39, 0.29) is 11.8 Å². The smallest absolute Gasteiger partial charge is 0.251 e. The van der Waals surface area contributed by atoms with Crippen molar-refractivity contribution in [3.05, 3.63) is 54.0 Å². The molecule has 26 heavy (non-hydrogen) atoms. The SMILES string of the molecule is CCCN(CCC)CC(=O)Nc1ccc(C(=O)NCc2ccco2)cc1. The third kappa shape index (κ3) is 6.37. The highest BCUT2D eigenvalue weighted by Crippen LogP contribution is 2.10. The van der Waals surface area contributed by atoms with Gasteiger partial charge in [0.2, 0.25) is 5.91 Å². The molecule has 0 unspecified atom stereocenters. The van der Waals surface area contributed by atoms with Gasteiger partial charge in [-0.1, -0.05) is 13.8 Å². The normalized spacial score (nSPS) is 10.7. The minimum absolute atomic E-state index is 0.0399. The number of amides is 2. The van der Waals surface area contributed by atoms with Crippen molar-refractivity contribution in [2.24, 2.45) is 0 Å². The Balaban J connectivity index is 1.84. The largest absolute Gasteiger partial charge is 0.467 e. The van der Waals surface area contributed by atoms with Crippen LogP contribution in [0.4, 0.5) is 5.69 Å². The van der Waals surface area contributed by atoms with Gasteiger partial charge in [0.25, 0.3) is 5.91 Å². The molecule has 2 rings (SSSR count). The van der Waals surface area contributed by atoms with Gasteiger partial charge >= 0.3 is 0 Å². The number of anilines is 1. The highest BCUT2D eigenvalue weighted by atomic mass is 16.3. The van der Waals surface area contributed by atoms with E-state index < -0.39 is 0 Å². The van der Waals surface area contributed by atoms with Gasteiger partial charge in [-0.2, -0.15) is 0 Å². The molecule has 0 bridgehead atoms. The molecule has 1 aromatic carbocycles. The molecule has 0 spiro atoms. The predicted molar refractivity (Wildman–Crippen MR) is 102 cm³/mol. The number of furan rings is 1. The van der Waals surface area contributed by atoms with Crippen LogP contribution < -0.4 is 10.6 Å². The molecule has 0 saturated carbocycles. The zero-order valence-electron chi connectivity index (χ0n) is 15.5. The van der Waals surface area contributed by atoms with E-state index in [4.69, 9.17) is 4.42 Å². The maximum atomic E-state index is 12.2. The summed E-state index contributed by atoms with van der Waals surface area (Å²) in [5.74, 6) is 0.476. The van der Waals surface area contributed by atoms with Gasteiger partial charge < -0.3 is 15.1 Å². The van der Waals surface area contributed by atoms with E-state index in [9.17, 15) is 9.59 Å². The maximum absolute atomic E-state index is 12.2. The number of hydrogen-bond donors (Lipinski definition) is 2. The zero-order chi connectivity index (χ0) is 18.8. The van der Waals surface area contributed by atoms with Crippen molar-refractivity contribution < 1.29 is 14.0 Å². The molecule has 0 atom stereocenters. The van der Waals surface area contributed by atoms with Crippen molar-refractivity contribution in [1.29, 1.82) is 0 Å². The van der Waals surface area contributed by atoms with Crippen LogP contribution in [0.25, 0.3) is 0 Å². The van der Waals surface area contributed by atoms with Gasteiger partial charge in [-0.25, -0.2) is 0 Å². The standard InChI is InChI=1S/C20H27N3O3/c1-3-11-23(12-4-2)15-19(24)22-17-9-7-16(8-10-17)20(25)21-14-18-6-5-13-26-18/h5-10,13H,3-4,11-12,14-15H2,1-2H3,(H,21,25)(H,22,24). The number of nitrogens with one attached hydrogen (secondary N) is 2. The molecule has 2 N–H and O–H groups in total. The van der Waals surface area contributed by atoms with E-state index in [0.29, 0.717) is 30.1 Å². The summed E-state index contributed by atoms with van der Waals surface area (Å²) in [6, 6.07) is 10.5. The molecule has 0 radical (unpaired) electrons. The van der Waals surface area contributed by atoms with Crippen LogP contribution in [0.2, 0.25) is 0 Å². The van der Waals surface area contributed by atoms with Crippen molar-refractivity contribution >= 4 is 17.5 Å². The van der Waals surface area contributed by atoms with Crippen molar-refractivity contribution in [3.8, 4) is 0 Å². The van der Waals surface area contributed by atoms with Crippen LogP contribution >= 0.6 is 0 Å². The number of benzene rings is 1. The molecule has 6 nitrogen and oxygen atoms in total. The fraction of sp³-hybridized carbons (Fsp3) is 0.400. The van der Waals surface area contributed by atoms with Gasteiger partial charge in [0.1, 0.15) is 5.76 Å². The molecular weight excluding hydrogens is 330 g/mol. The minimum Gasteiger partial charge on any atom is -0.467 e. The summed E-state index contributed by atoms with van der Waals surface area (Å²) in [4.78, 5) is 26.4. The molecule has 140 valence electrons. The van der Waals surface area contributed by atoms with Crippen LogP contribution in [0.3, 0.4) is 0 Å². The second kappa shape index (κ2) is 10.4. The Morgan fingerprint density at radius 3 is 2.31 bits per heavy atom. The fourth-order valence-corrected chi connectivity index (χ4v) is 2.69. The molecular formula is C20H27N3O3. The number of carbonyl (C=O) groups excluding carboxylic acids is 2. The summed E-state index contributed by atoms with van der Waals surface area (Å²) < 4.78 is 5.18. The van der Waals surface area contributed by atoms with E-state index in [1.54, 1.807) is 42.7 Å². The highest BCUT2D eigenvalue weighted by molar-refractivity contribution is 5.96. The quantitative estimate of drug-likeness (QED) is 0.684. The zero-order valence-corrected chi connectivity index (χ0v) is 15.5. The first-order valence-corrected chi connectivity index (χ1v) is 9.05. The van der Waals surface area contributed by atoms with E-state index in [1.165, 1.54) is 0 Å². The number of carbonyl (C=O) groups is 2. The second-order valence-electron chi connectivity index (χ2n) is 6.16. The van der Waals surface area contributed by atoms with Gasteiger partial charge in [0.05, 0.1) is 19.4 Å². The molecule has 0 fully saturated rings. The lowest BCUT2D eigenvalue weighted by atomic mass is 10.2. The van der Waals surface area contributed by atoms with Crippen molar-refractivity contribution in [2.75, 3.05) is 25.0 Å². The van der Waals surface area contributed by atoms with Crippen LogP contribution in [0.5, 0.6) is 0 Å².